The van der Waals surface area contributed by atoms with Gasteiger partial charge in [0.05, 0.1) is 25.8 Å². The first-order valence-electron chi connectivity index (χ1n) is 11.0. The number of hydrogen-bond acceptors (Lipinski definition) is 7. The Balaban J connectivity index is 1.72. The van der Waals surface area contributed by atoms with E-state index in [9.17, 15) is 14.7 Å². The Kier molecular flexibility index (Phi) is 6.96. The zero-order valence-electron chi connectivity index (χ0n) is 18.9. The Labute approximate surface area is 193 Å². The van der Waals surface area contributed by atoms with Gasteiger partial charge >= 0.3 is 0 Å². The summed E-state index contributed by atoms with van der Waals surface area (Å²) in [5, 5.41) is 14.4. The summed E-state index contributed by atoms with van der Waals surface area (Å²) in [5.41, 5.74) is 1.29. The Hall–Kier alpha value is -3.36. The lowest BCUT2D eigenvalue weighted by Crippen LogP contribution is -2.46. The van der Waals surface area contributed by atoms with Gasteiger partial charge in [-0.1, -0.05) is 12.1 Å². The average molecular weight is 452 g/mol. The van der Waals surface area contributed by atoms with E-state index in [4.69, 9.17) is 9.47 Å². The van der Waals surface area contributed by atoms with Crippen molar-refractivity contribution in [1.29, 1.82) is 0 Å². The third-order valence-corrected chi connectivity index (χ3v) is 6.20. The zero-order chi connectivity index (χ0) is 23.4. The second kappa shape index (κ2) is 10.1. The fourth-order valence-corrected chi connectivity index (χ4v) is 4.33. The van der Waals surface area contributed by atoms with Crippen LogP contribution in [0.3, 0.4) is 0 Å². The second-order valence-electron chi connectivity index (χ2n) is 8.09. The number of ketones is 1. The Morgan fingerprint density at radius 3 is 2.09 bits per heavy atom. The summed E-state index contributed by atoms with van der Waals surface area (Å²) in [5.74, 6) is -0.159. The normalized spacial score (nSPS) is 20.8. The van der Waals surface area contributed by atoms with Gasteiger partial charge in [0.2, 0.25) is 0 Å². The predicted molar refractivity (Wildman–Crippen MR) is 124 cm³/mol. The van der Waals surface area contributed by atoms with E-state index in [1.165, 1.54) is 0 Å². The number of ether oxygens (including phenoxy) is 2. The number of nitrogens with zero attached hydrogens (tertiary/aromatic N) is 2. The molecule has 8 heteroatoms. The largest absolute Gasteiger partial charge is 0.507 e. The molecule has 33 heavy (non-hydrogen) atoms. The van der Waals surface area contributed by atoms with E-state index in [0.717, 1.165) is 31.7 Å². The first kappa shape index (κ1) is 22.8. The van der Waals surface area contributed by atoms with Crippen molar-refractivity contribution in [2.75, 3.05) is 53.5 Å². The maximum Gasteiger partial charge on any atom is 0.295 e. The number of Topliss-reactive ketones (excluding diaryl/α,β-unsaturated/α-hetero) is 1. The number of carbonyl (C=O) groups is 2. The molecule has 2 fully saturated rings. The molecule has 1 atom stereocenters. The van der Waals surface area contributed by atoms with Gasteiger partial charge in [0.25, 0.3) is 11.7 Å². The third kappa shape index (κ3) is 4.72. The van der Waals surface area contributed by atoms with E-state index < -0.39 is 17.7 Å². The molecule has 0 aliphatic carbocycles. The van der Waals surface area contributed by atoms with Crippen LogP contribution in [0.15, 0.2) is 54.1 Å². The lowest BCUT2D eigenvalue weighted by Gasteiger charge is -2.31. The van der Waals surface area contributed by atoms with Crippen LogP contribution >= 0.6 is 0 Å². The lowest BCUT2D eigenvalue weighted by molar-refractivity contribution is -0.140. The maximum absolute atomic E-state index is 13.1. The van der Waals surface area contributed by atoms with Crippen LogP contribution in [0.25, 0.3) is 5.76 Å². The van der Waals surface area contributed by atoms with Crippen molar-refractivity contribution < 1.29 is 24.2 Å². The topological polar surface area (TPSA) is 91.3 Å². The summed E-state index contributed by atoms with van der Waals surface area (Å²) in [7, 11) is 3.14. The molecule has 2 N–H and O–H groups in total. The van der Waals surface area contributed by atoms with Crippen LogP contribution < -0.4 is 14.8 Å². The van der Waals surface area contributed by atoms with Crippen molar-refractivity contribution in [3.63, 3.8) is 0 Å². The highest BCUT2D eigenvalue weighted by atomic mass is 16.5. The fourth-order valence-electron chi connectivity index (χ4n) is 4.33. The summed E-state index contributed by atoms with van der Waals surface area (Å²) in [6.07, 6.45) is 0. The number of nitrogens with one attached hydrogen (secondary N) is 1. The number of likely N-dealkylation sites (tertiary alicyclic amines) is 1. The number of benzene rings is 2. The van der Waals surface area contributed by atoms with Crippen LogP contribution in [0.4, 0.5) is 0 Å². The molecule has 2 aliphatic heterocycles. The summed E-state index contributed by atoms with van der Waals surface area (Å²) < 4.78 is 10.4. The summed E-state index contributed by atoms with van der Waals surface area (Å²) in [4.78, 5) is 30.1. The molecule has 1 amide bonds. The van der Waals surface area contributed by atoms with Gasteiger partial charge in [0, 0.05) is 44.8 Å². The highest BCUT2D eigenvalue weighted by Gasteiger charge is 2.46. The Morgan fingerprint density at radius 1 is 0.939 bits per heavy atom. The van der Waals surface area contributed by atoms with Crippen LogP contribution in [0, 0.1) is 0 Å². The molecule has 0 radical (unpaired) electrons. The molecule has 0 aromatic heterocycles. The SMILES string of the molecule is COc1ccc(C(O)=C2C(=O)C(=O)N(CCN3CCNCC3)C2c2ccc(OC)cc2)cc1. The van der Waals surface area contributed by atoms with Crippen LogP contribution in [0.2, 0.25) is 0 Å². The molecular formula is C25H29N3O5. The van der Waals surface area contributed by atoms with Gasteiger partial charge in [-0.05, 0) is 42.0 Å². The van der Waals surface area contributed by atoms with Gasteiger partial charge < -0.3 is 24.8 Å². The van der Waals surface area contributed by atoms with Gasteiger partial charge in [-0.3, -0.25) is 14.5 Å². The number of carbonyl (C=O) groups excluding carboxylic acids is 2. The van der Waals surface area contributed by atoms with Gasteiger partial charge in [-0.2, -0.15) is 0 Å². The number of aliphatic hydroxyl groups is 1. The summed E-state index contributed by atoms with van der Waals surface area (Å²) >= 11 is 0. The molecule has 0 bridgehead atoms. The fraction of sp³-hybridized carbons (Fsp3) is 0.360. The quantitative estimate of drug-likeness (QED) is 0.378. The van der Waals surface area contributed by atoms with Gasteiger partial charge in [0.1, 0.15) is 17.3 Å². The number of methoxy groups -OCH3 is 2. The Morgan fingerprint density at radius 2 is 1.52 bits per heavy atom. The number of piperazine rings is 1. The van der Waals surface area contributed by atoms with Crippen LogP contribution in [-0.4, -0.2) is 80.1 Å². The number of aliphatic hydroxyl groups excluding tert-OH is 1. The highest BCUT2D eigenvalue weighted by Crippen LogP contribution is 2.39. The molecule has 2 aliphatic rings. The van der Waals surface area contributed by atoms with Crippen LogP contribution in [0.5, 0.6) is 11.5 Å². The van der Waals surface area contributed by atoms with Gasteiger partial charge in [-0.15, -0.1) is 0 Å². The van der Waals surface area contributed by atoms with Crippen molar-refractivity contribution in [3.8, 4) is 11.5 Å². The molecule has 174 valence electrons. The van der Waals surface area contributed by atoms with Gasteiger partial charge in [0.15, 0.2) is 0 Å². The molecule has 2 saturated heterocycles. The predicted octanol–water partition coefficient (Wildman–Crippen LogP) is 2.03. The highest BCUT2D eigenvalue weighted by molar-refractivity contribution is 6.46. The second-order valence-corrected chi connectivity index (χ2v) is 8.09. The molecule has 2 aromatic rings. The smallest absolute Gasteiger partial charge is 0.295 e. The molecule has 0 spiro atoms. The lowest BCUT2D eigenvalue weighted by atomic mass is 9.95. The summed E-state index contributed by atoms with van der Waals surface area (Å²) in [6, 6.07) is 13.3. The van der Waals surface area contributed by atoms with Crippen molar-refractivity contribution in [1.82, 2.24) is 15.1 Å². The maximum atomic E-state index is 13.1. The standard InChI is InChI=1S/C25H29N3O5/c1-32-19-7-3-17(4-8-19)22-21(23(29)18-5-9-20(33-2)10-6-18)24(30)25(31)28(22)16-15-27-13-11-26-12-14-27/h3-10,22,26,29H,11-16H2,1-2H3. The monoisotopic (exact) mass is 451 g/mol. The average Bonchev–Trinajstić information content (AvgIpc) is 3.12. The summed E-state index contributed by atoms with van der Waals surface area (Å²) in [6.45, 7) is 4.63. The van der Waals surface area contributed by atoms with E-state index in [1.807, 2.05) is 12.1 Å². The molecule has 8 nitrogen and oxygen atoms in total. The van der Waals surface area contributed by atoms with E-state index >= 15 is 0 Å². The molecule has 2 aromatic carbocycles. The van der Waals surface area contributed by atoms with Gasteiger partial charge in [-0.25, -0.2) is 0 Å². The number of amides is 1. The van der Waals surface area contributed by atoms with E-state index in [2.05, 4.69) is 10.2 Å². The molecule has 2 heterocycles. The van der Waals surface area contributed by atoms with Crippen molar-refractivity contribution in [2.45, 2.75) is 6.04 Å². The van der Waals surface area contributed by atoms with Crippen LogP contribution in [-0.2, 0) is 9.59 Å². The minimum Gasteiger partial charge on any atom is -0.507 e. The number of hydrogen-bond donors (Lipinski definition) is 2. The van der Waals surface area contributed by atoms with Crippen molar-refractivity contribution >= 4 is 17.4 Å². The molecule has 0 saturated carbocycles. The van der Waals surface area contributed by atoms with Crippen LogP contribution in [0.1, 0.15) is 17.2 Å². The first-order valence-corrected chi connectivity index (χ1v) is 11.0. The third-order valence-electron chi connectivity index (χ3n) is 6.20. The first-order chi connectivity index (χ1) is 16.0. The van der Waals surface area contributed by atoms with E-state index in [1.54, 1.807) is 55.5 Å². The Bertz CT molecular complexity index is 1030. The van der Waals surface area contributed by atoms with Crippen molar-refractivity contribution in [2.24, 2.45) is 0 Å². The minimum atomic E-state index is -0.680. The molecule has 1 unspecified atom stereocenters. The molecule has 4 rings (SSSR count). The van der Waals surface area contributed by atoms with E-state index in [0.29, 0.717) is 30.2 Å². The van der Waals surface area contributed by atoms with Crippen molar-refractivity contribution in [3.05, 3.63) is 65.2 Å². The van der Waals surface area contributed by atoms with E-state index in [-0.39, 0.29) is 11.3 Å². The zero-order valence-corrected chi connectivity index (χ0v) is 18.9. The minimum absolute atomic E-state index is 0.0932. The number of rotatable bonds is 7. The molecular weight excluding hydrogens is 422 g/mol.